The summed E-state index contributed by atoms with van der Waals surface area (Å²) in [4.78, 5) is 4.37. The molecular weight excluding hydrogens is 248 g/mol. The topological polar surface area (TPSA) is 74.7 Å². The molecule has 1 heterocycles. The summed E-state index contributed by atoms with van der Waals surface area (Å²) in [7, 11) is 0. The van der Waals surface area contributed by atoms with Crippen LogP contribution in [0.3, 0.4) is 0 Å². The second-order valence-electron chi connectivity index (χ2n) is 7.27. The van der Waals surface area contributed by atoms with Crippen molar-refractivity contribution in [2.75, 3.05) is 5.32 Å². The number of rotatable bonds is 2. The molecule has 2 unspecified atom stereocenters. The fourth-order valence-corrected chi connectivity index (χ4v) is 5.29. The van der Waals surface area contributed by atoms with Crippen molar-refractivity contribution >= 4 is 5.82 Å². The van der Waals surface area contributed by atoms with Gasteiger partial charge in [-0.1, -0.05) is 0 Å². The predicted molar refractivity (Wildman–Crippen MR) is 76.9 cm³/mol. The maximum absolute atomic E-state index is 8.84. The highest BCUT2D eigenvalue weighted by molar-refractivity contribution is 5.42. The van der Waals surface area contributed by atoms with Crippen LogP contribution >= 0.6 is 0 Å². The fourth-order valence-electron chi connectivity index (χ4n) is 5.29. The van der Waals surface area contributed by atoms with E-state index in [9.17, 15) is 0 Å². The molecule has 4 bridgehead atoms. The minimum atomic E-state index is 0.0453. The summed E-state index contributed by atoms with van der Waals surface area (Å²) in [5.74, 6) is 2.45. The van der Waals surface area contributed by atoms with E-state index in [4.69, 9.17) is 11.0 Å². The van der Waals surface area contributed by atoms with E-state index in [1.165, 1.54) is 32.1 Å². The molecule has 4 aliphatic rings. The van der Waals surface area contributed by atoms with E-state index < -0.39 is 0 Å². The first-order valence-corrected chi connectivity index (χ1v) is 7.51. The number of aromatic nitrogens is 1. The number of hydrogen-bond donors (Lipinski definition) is 2. The van der Waals surface area contributed by atoms with Crippen molar-refractivity contribution in [3.05, 3.63) is 23.9 Å². The van der Waals surface area contributed by atoms with E-state index >= 15 is 0 Å². The van der Waals surface area contributed by atoms with Crippen molar-refractivity contribution in [1.82, 2.24) is 4.98 Å². The lowest BCUT2D eigenvalue weighted by Gasteiger charge is -2.61. The fraction of sp³-hybridized carbons (Fsp3) is 0.625. The van der Waals surface area contributed by atoms with Gasteiger partial charge in [0, 0.05) is 17.3 Å². The summed E-state index contributed by atoms with van der Waals surface area (Å²) in [6, 6.07) is 5.85. The quantitative estimate of drug-likeness (QED) is 0.863. The van der Waals surface area contributed by atoms with E-state index in [2.05, 4.69) is 16.4 Å². The lowest BCUT2D eigenvalue weighted by Crippen LogP contribution is -2.65. The highest BCUT2D eigenvalue weighted by Gasteiger charge is 2.56. The minimum absolute atomic E-state index is 0.0453. The van der Waals surface area contributed by atoms with E-state index in [1.807, 2.05) is 12.1 Å². The van der Waals surface area contributed by atoms with Crippen LogP contribution in [0.15, 0.2) is 18.3 Å². The standard InChI is InChI=1S/C16H20N4/c17-8-11-1-2-14(19-9-11)20-16-6-12-3-13(7-16)5-15(18,4-12)10-16/h1-2,9,12-13H,3-7,10,18H2,(H,19,20). The first kappa shape index (κ1) is 12.2. The molecule has 4 saturated carbocycles. The zero-order chi connectivity index (χ0) is 13.8. The monoisotopic (exact) mass is 268 g/mol. The second kappa shape index (κ2) is 3.95. The van der Waals surface area contributed by atoms with Gasteiger partial charge in [0.1, 0.15) is 11.9 Å². The van der Waals surface area contributed by atoms with Gasteiger partial charge in [0.05, 0.1) is 5.56 Å². The number of nitrogens with two attached hydrogens (primary N) is 1. The normalized spacial score (nSPS) is 41.4. The molecule has 1 aromatic rings. The average molecular weight is 268 g/mol. The first-order chi connectivity index (χ1) is 9.58. The van der Waals surface area contributed by atoms with Gasteiger partial charge in [0.2, 0.25) is 0 Å². The zero-order valence-electron chi connectivity index (χ0n) is 11.6. The van der Waals surface area contributed by atoms with E-state index in [1.54, 1.807) is 6.20 Å². The minimum Gasteiger partial charge on any atom is -0.365 e. The van der Waals surface area contributed by atoms with Crippen LogP contribution in [0.1, 0.15) is 44.1 Å². The summed E-state index contributed by atoms with van der Waals surface area (Å²) in [6.07, 6.45) is 8.93. The van der Waals surface area contributed by atoms with Crippen LogP contribution in [0.25, 0.3) is 0 Å². The Bertz CT molecular complexity index is 557. The van der Waals surface area contributed by atoms with Crippen LogP contribution in [0, 0.1) is 23.2 Å². The Labute approximate surface area is 119 Å². The molecule has 4 fully saturated rings. The Morgan fingerprint density at radius 2 is 2.00 bits per heavy atom. The Kier molecular flexibility index (Phi) is 2.41. The third-order valence-electron chi connectivity index (χ3n) is 5.39. The summed E-state index contributed by atoms with van der Waals surface area (Å²) < 4.78 is 0. The van der Waals surface area contributed by atoms with E-state index in [0.717, 1.165) is 24.1 Å². The smallest absolute Gasteiger partial charge is 0.126 e. The van der Waals surface area contributed by atoms with Crippen molar-refractivity contribution < 1.29 is 0 Å². The molecule has 4 heteroatoms. The maximum atomic E-state index is 8.84. The van der Waals surface area contributed by atoms with Crippen molar-refractivity contribution in [2.45, 2.75) is 49.6 Å². The van der Waals surface area contributed by atoms with Crippen LogP contribution in [0.5, 0.6) is 0 Å². The van der Waals surface area contributed by atoms with Gasteiger partial charge in [-0.05, 0) is 62.5 Å². The van der Waals surface area contributed by atoms with Crippen molar-refractivity contribution in [1.29, 1.82) is 5.26 Å². The maximum Gasteiger partial charge on any atom is 0.126 e. The van der Waals surface area contributed by atoms with Gasteiger partial charge in [0.15, 0.2) is 0 Å². The third-order valence-corrected chi connectivity index (χ3v) is 5.39. The van der Waals surface area contributed by atoms with Gasteiger partial charge >= 0.3 is 0 Å². The van der Waals surface area contributed by atoms with E-state index in [-0.39, 0.29) is 11.1 Å². The molecule has 0 amide bonds. The Morgan fingerprint density at radius 1 is 1.25 bits per heavy atom. The molecule has 1 aromatic heterocycles. The van der Waals surface area contributed by atoms with Crippen molar-refractivity contribution in [2.24, 2.45) is 17.6 Å². The van der Waals surface area contributed by atoms with Gasteiger partial charge in [-0.2, -0.15) is 5.26 Å². The molecule has 5 rings (SSSR count). The highest BCUT2D eigenvalue weighted by Crippen LogP contribution is 2.57. The van der Waals surface area contributed by atoms with Crippen molar-refractivity contribution in [3.8, 4) is 6.07 Å². The Balaban J connectivity index is 1.60. The molecule has 4 aliphatic carbocycles. The molecular formula is C16H20N4. The number of nitrogens with one attached hydrogen (secondary N) is 1. The number of anilines is 1. The molecule has 104 valence electrons. The largest absolute Gasteiger partial charge is 0.365 e. The zero-order valence-corrected chi connectivity index (χ0v) is 11.6. The molecule has 0 radical (unpaired) electrons. The van der Waals surface area contributed by atoms with Gasteiger partial charge in [-0.3, -0.25) is 0 Å². The molecule has 0 saturated heterocycles. The van der Waals surface area contributed by atoms with Gasteiger partial charge in [-0.25, -0.2) is 4.98 Å². The summed E-state index contributed by atoms with van der Waals surface area (Å²) in [5.41, 5.74) is 7.39. The Morgan fingerprint density at radius 3 is 2.55 bits per heavy atom. The molecule has 0 aliphatic heterocycles. The van der Waals surface area contributed by atoms with Crippen LogP contribution in [-0.4, -0.2) is 16.1 Å². The van der Waals surface area contributed by atoms with Crippen LogP contribution in [0.4, 0.5) is 5.82 Å². The van der Waals surface area contributed by atoms with Gasteiger partial charge < -0.3 is 11.1 Å². The molecule has 20 heavy (non-hydrogen) atoms. The number of nitrogens with zero attached hydrogens (tertiary/aromatic N) is 2. The number of hydrogen-bond acceptors (Lipinski definition) is 4. The van der Waals surface area contributed by atoms with Gasteiger partial charge in [-0.15, -0.1) is 0 Å². The lowest BCUT2D eigenvalue weighted by atomic mass is 9.50. The third kappa shape index (κ3) is 1.89. The summed E-state index contributed by atoms with van der Waals surface area (Å²) in [6.45, 7) is 0. The second-order valence-corrected chi connectivity index (χ2v) is 7.27. The van der Waals surface area contributed by atoms with Crippen molar-refractivity contribution in [3.63, 3.8) is 0 Å². The summed E-state index contributed by atoms with van der Waals surface area (Å²) in [5, 5.41) is 12.5. The molecule has 3 N–H and O–H groups in total. The highest BCUT2D eigenvalue weighted by atomic mass is 15.1. The Hall–Kier alpha value is -1.60. The molecule has 2 atom stereocenters. The first-order valence-electron chi connectivity index (χ1n) is 7.51. The van der Waals surface area contributed by atoms with Crippen LogP contribution < -0.4 is 11.1 Å². The molecule has 0 spiro atoms. The van der Waals surface area contributed by atoms with Gasteiger partial charge in [0.25, 0.3) is 0 Å². The molecule has 0 aromatic carbocycles. The number of nitriles is 1. The predicted octanol–water partition coefficient (Wildman–Crippen LogP) is 2.42. The van der Waals surface area contributed by atoms with Crippen LogP contribution in [0.2, 0.25) is 0 Å². The SMILES string of the molecule is N#Cc1ccc(NC23CC4CC(CC(N)(C4)C2)C3)nc1. The number of pyridine rings is 1. The summed E-state index contributed by atoms with van der Waals surface area (Å²) >= 11 is 0. The average Bonchev–Trinajstić information content (AvgIpc) is 2.36. The van der Waals surface area contributed by atoms with E-state index in [0.29, 0.717) is 5.56 Å². The van der Waals surface area contributed by atoms with Crippen LogP contribution in [-0.2, 0) is 0 Å². The molecule has 4 nitrogen and oxygen atoms in total. The lowest BCUT2D eigenvalue weighted by molar-refractivity contribution is -0.00791.